The van der Waals surface area contributed by atoms with Gasteiger partial charge in [0.1, 0.15) is 11.3 Å². The maximum atomic E-state index is 5.96. The Morgan fingerprint density at radius 1 is 1.37 bits per heavy atom. The van der Waals surface area contributed by atoms with Crippen molar-refractivity contribution >= 4 is 45.7 Å². The summed E-state index contributed by atoms with van der Waals surface area (Å²) in [5, 5.41) is 2.68. The second-order valence-electron chi connectivity index (χ2n) is 4.14. The van der Waals surface area contributed by atoms with Crippen LogP contribution in [0.4, 0.5) is 0 Å². The Hall–Kier alpha value is -1.10. The minimum absolute atomic E-state index is 0.373. The molecule has 0 saturated heterocycles. The predicted octanol–water partition coefficient (Wildman–Crippen LogP) is 4.13. The van der Waals surface area contributed by atoms with E-state index in [2.05, 4.69) is 32.0 Å². The van der Waals surface area contributed by atoms with E-state index in [4.69, 9.17) is 23.2 Å². The Morgan fingerprint density at radius 3 is 3.00 bits per heavy atom. The summed E-state index contributed by atoms with van der Waals surface area (Å²) in [4.78, 5) is 10.2. The first kappa shape index (κ1) is 12.9. The van der Waals surface area contributed by atoms with Gasteiger partial charge in [-0.3, -0.25) is 0 Å². The van der Waals surface area contributed by atoms with Gasteiger partial charge < -0.3 is 4.57 Å². The van der Waals surface area contributed by atoms with Gasteiger partial charge in [-0.25, -0.2) is 9.97 Å². The molecule has 0 bridgehead atoms. The van der Waals surface area contributed by atoms with E-state index in [1.165, 1.54) is 4.88 Å². The maximum Gasteiger partial charge on any atom is 0.160 e. The second-order valence-corrected chi connectivity index (χ2v) is 5.87. The van der Waals surface area contributed by atoms with Gasteiger partial charge in [0.25, 0.3) is 0 Å². The molecule has 3 rings (SSSR count). The highest BCUT2D eigenvalue weighted by molar-refractivity contribution is 7.09. The van der Waals surface area contributed by atoms with E-state index in [0.717, 1.165) is 30.0 Å². The number of aromatic nitrogens is 3. The lowest BCUT2D eigenvalue weighted by atomic mass is 10.3. The summed E-state index contributed by atoms with van der Waals surface area (Å²) in [5.41, 5.74) is 1.64. The molecule has 0 saturated carbocycles. The Balaban J connectivity index is 1.96. The van der Waals surface area contributed by atoms with E-state index in [9.17, 15) is 0 Å². The Morgan fingerprint density at radius 2 is 2.26 bits per heavy atom. The molecule has 0 aliphatic rings. The minimum atomic E-state index is 0.373. The highest BCUT2D eigenvalue weighted by Crippen LogP contribution is 2.20. The fourth-order valence-electron chi connectivity index (χ4n) is 2.05. The smallest absolute Gasteiger partial charge is 0.160 e. The molecule has 0 amide bonds. The van der Waals surface area contributed by atoms with Crippen molar-refractivity contribution in [3.8, 4) is 0 Å². The highest BCUT2D eigenvalue weighted by atomic mass is 35.5. The number of halogens is 2. The van der Waals surface area contributed by atoms with Crippen LogP contribution in [0.5, 0.6) is 0 Å². The van der Waals surface area contributed by atoms with Crippen LogP contribution in [0.3, 0.4) is 0 Å². The first-order valence-corrected chi connectivity index (χ1v) is 7.66. The van der Waals surface area contributed by atoms with E-state index in [1.807, 2.05) is 6.07 Å². The number of nitrogens with zero attached hydrogens (tertiary/aromatic N) is 3. The molecule has 0 aliphatic carbocycles. The molecule has 3 nitrogen and oxygen atoms in total. The largest absolute Gasteiger partial charge is 0.311 e. The number of pyridine rings is 1. The van der Waals surface area contributed by atoms with Crippen molar-refractivity contribution in [2.45, 2.75) is 18.8 Å². The molecule has 3 aromatic heterocycles. The third-order valence-corrected chi connectivity index (χ3v) is 4.29. The van der Waals surface area contributed by atoms with Gasteiger partial charge in [-0.2, -0.15) is 0 Å². The fourth-order valence-corrected chi connectivity index (χ4v) is 3.10. The van der Waals surface area contributed by atoms with Gasteiger partial charge in [-0.15, -0.1) is 22.9 Å². The van der Waals surface area contributed by atoms with E-state index >= 15 is 0 Å². The lowest BCUT2D eigenvalue weighted by molar-refractivity contribution is 0.687. The number of aryl methyl sites for hydroxylation is 2. The van der Waals surface area contributed by atoms with Crippen molar-refractivity contribution in [1.82, 2.24) is 14.5 Å². The van der Waals surface area contributed by atoms with Crippen molar-refractivity contribution in [2.24, 2.45) is 0 Å². The third-order valence-electron chi connectivity index (χ3n) is 2.91. The Kier molecular flexibility index (Phi) is 3.73. The summed E-state index contributed by atoms with van der Waals surface area (Å²) >= 11 is 13.7. The molecule has 6 heteroatoms. The normalized spacial score (nSPS) is 11.3. The molecule has 3 heterocycles. The van der Waals surface area contributed by atoms with Crippen LogP contribution < -0.4 is 0 Å². The number of rotatable bonds is 4. The Labute approximate surface area is 124 Å². The molecule has 0 radical (unpaired) electrons. The second kappa shape index (κ2) is 5.49. The lowest BCUT2D eigenvalue weighted by Crippen LogP contribution is -2.05. The van der Waals surface area contributed by atoms with Gasteiger partial charge in [-0.05, 0) is 23.9 Å². The zero-order chi connectivity index (χ0) is 13.2. The summed E-state index contributed by atoms with van der Waals surface area (Å²) in [6, 6.07) is 6.02. The highest BCUT2D eigenvalue weighted by Gasteiger charge is 2.11. The SMILES string of the molecule is ClCc1nc2cc(Cl)cnc2n1CCc1cccs1. The molecular formula is C13H11Cl2N3S. The summed E-state index contributed by atoms with van der Waals surface area (Å²) in [7, 11) is 0. The van der Waals surface area contributed by atoms with Gasteiger partial charge in [-0.1, -0.05) is 17.7 Å². The molecule has 3 aromatic rings. The van der Waals surface area contributed by atoms with Crippen molar-refractivity contribution in [2.75, 3.05) is 0 Å². The summed E-state index contributed by atoms with van der Waals surface area (Å²) in [6.45, 7) is 0.827. The summed E-state index contributed by atoms with van der Waals surface area (Å²) < 4.78 is 2.07. The zero-order valence-corrected chi connectivity index (χ0v) is 12.3. The molecule has 0 spiro atoms. The molecule has 0 aliphatic heterocycles. The quantitative estimate of drug-likeness (QED) is 0.678. The van der Waals surface area contributed by atoms with Crippen LogP contribution in [-0.4, -0.2) is 14.5 Å². The topological polar surface area (TPSA) is 30.7 Å². The third kappa shape index (κ3) is 2.61. The summed E-state index contributed by atoms with van der Waals surface area (Å²) in [6.07, 6.45) is 2.60. The molecule has 0 fully saturated rings. The number of alkyl halides is 1. The fraction of sp³-hybridized carbons (Fsp3) is 0.231. The number of fused-ring (bicyclic) bond motifs is 1. The average Bonchev–Trinajstić information content (AvgIpc) is 3.02. The molecule has 0 aromatic carbocycles. The number of thiophene rings is 1. The van der Waals surface area contributed by atoms with Gasteiger partial charge in [0, 0.05) is 17.6 Å². The van der Waals surface area contributed by atoms with Crippen LogP contribution in [0.15, 0.2) is 29.8 Å². The van der Waals surface area contributed by atoms with Crippen molar-refractivity contribution in [1.29, 1.82) is 0 Å². The molecular weight excluding hydrogens is 301 g/mol. The zero-order valence-electron chi connectivity index (χ0n) is 10.0. The van der Waals surface area contributed by atoms with Crippen LogP contribution in [0, 0.1) is 0 Å². The van der Waals surface area contributed by atoms with Crippen LogP contribution >= 0.6 is 34.5 Å². The van der Waals surface area contributed by atoms with E-state index in [1.54, 1.807) is 17.5 Å². The molecule has 98 valence electrons. The minimum Gasteiger partial charge on any atom is -0.311 e. The van der Waals surface area contributed by atoms with Crippen molar-refractivity contribution < 1.29 is 0 Å². The predicted molar refractivity (Wildman–Crippen MR) is 80.1 cm³/mol. The van der Waals surface area contributed by atoms with Crippen LogP contribution in [0.25, 0.3) is 11.2 Å². The monoisotopic (exact) mass is 311 g/mol. The first-order chi connectivity index (χ1) is 9.28. The lowest BCUT2D eigenvalue weighted by Gasteiger charge is -2.05. The van der Waals surface area contributed by atoms with Crippen molar-refractivity contribution in [3.05, 3.63) is 45.5 Å². The van der Waals surface area contributed by atoms with E-state index in [-0.39, 0.29) is 0 Å². The van der Waals surface area contributed by atoms with Gasteiger partial charge in [0.05, 0.1) is 10.9 Å². The molecule has 19 heavy (non-hydrogen) atoms. The standard InChI is InChI=1S/C13H11Cl2N3S/c14-7-12-17-11-6-9(15)8-16-13(11)18(12)4-3-10-2-1-5-19-10/h1-2,5-6,8H,3-4,7H2. The molecule has 0 N–H and O–H groups in total. The van der Waals surface area contributed by atoms with Crippen LogP contribution in [0.2, 0.25) is 5.02 Å². The summed E-state index contributed by atoms with van der Waals surface area (Å²) in [5.74, 6) is 1.21. The first-order valence-electron chi connectivity index (χ1n) is 5.87. The Bertz CT molecular complexity index is 691. The van der Waals surface area contributed by atoms with Gasteiger partial charge in [0.2, 0.25) is 0 Å². The van der Waals surface area contributed by atoms with Crippen molar-refractivity contribution in [3.63, 3.8) is 0 Å². The number of hydrogen-bond acceptors (Lipinski definition) is 3. The maximum absolute atomic E-state index is 5.96. The van der Waals surface area contributed by atoms with E-state index in [0.29, 0.717) is 10.9 Å². The average molecular weight is 312 g/mol. The number of hydrogen-bond donors (Lipinski definition) is 0. The molecule has 0 atom stereocenters. The van der Waals surface area contributed by atoms with Crippen LogP contribution in [0.1, 0.15) is 10.7 Å². The van der Waals surface area contributed by atoms with Gasteiger partial charge >= 0.3 is 0 Å². The van der Waals surface area contributed by atoms with E-state index < -0.39 is 0 Å². The van der Waals surface area contributed by atoms with Gasteiger partial charge in [0.15, 0.2) is 5.65 Å². The molecule has 0 unspecified atom stereocenters. The van der Waals surface area contributed by atoms with Crippen LogP contribution in [-0.2, 0) is 18.8 Å². The number of imidazole rings is 1.